The van der Waals surface area contributed by atoms with E-state index in [9.17, 15) is 4.79 Å². The van der Waals surface area contributed by atoms with Crippen LogP contribution >= 0.6 is 0 Å². The summed E-state index contributed by atoms with van der Waals surface area (Å²) in [5.74, 6) is -0.172. The summed E-state index contributed by atoms with van der Waals surface area (Å²) in [7, 11) is 0. The fraction of sp³-hybridized carbons (Fsp3) is 0.583. The predicted octanol–water partition coefficient (Wildman–Crippen LogP) is 3.49. The highest BCUT2D eigenvalue weighted by molar-refractivity contribution is 5.84. The van der Waals surface area contributed by atoms with E-state index >= 15 is 0 Å². The summed E-state index contributed by atoms with van der Waals surface area (Å²) in [5, 5.41) is 8.65. The minimum absolute atomic E-state index is 0.0403. The lowest BCUT2D eigenvalue weighted by molar-refractivity contribution is 0.0660. The average molecular weight is 210 g/mol. The van der Waals surface area contributed by atoms with Crippen LogP contribution in [0.2, 0.25) is 0 Å². The van der Waals surface area contributed by atoms with Gasteiger partial charge in [-0.3, -0.25) is 0 Å². The Kier molecular flexibility index (Phi) is 4.95. The number of carboxylic acid groups (broad SMARTS) is 1. The number of aryl methyl sites for hydroxylation is 1. The lowest BCUT2D eigenvalue weighted by Gasteiger charge is -1.97. The van der Waals surface area contributed by atoms with Crippen LogP contribution in [0.25, 0.3) is 0 Å². The summed E-state index contributed by atoms with van der Waals surface area (Å²) in [6, 6.07) is 3.27. The van der Waals surface area contributed by atoms with Crippen molar-refractivity contribution in [1.82, 2.24) is 0 Å². The van der Waals surface area contributed by atoms with Gasteiger partial charge in [0.25, 0.3) is 0 Å². The zero-order valence-corrected chi connectivity index (χ0v) is 9.16. The Labute approximate surface area is 90.1 Å². The van der Waals surface area contributed by atoms with E-state index in [1.165, 1.54) is 31.7 Å². The van der Waals surface area contributed by atoms with E-state index in [1.807, 2.05) is 0 Å². The molecule has 0 atom stereocenters. The van der Waals surface area contributed by atoms with E-state index < -0.39 is 5.97 Å². The smallest absolute Gasteiger partial charge is 0.371 e. The van der Waals surface area contributed by atoms with E-state index in [2.05, 4.69) is 6.92 Å². The molecule has 0 bridgehead atoms. The normalized spacial score (nSPS) is 10.5. The predicted molar refractivity (Wildman–Crippen MR) is 58.1 cm³/mol. The van der Waals surface area contributed by atoms with Crippen LogP contribution in [0.5, 0.6) is 0 Å². The number of unbranched alkanes of at least 4 members (excludes halogenated alkanes) is 4. The third kappa shape index (κ3) is 4.19. The molecule has 0 amide bonds. The molecular weight excluding hydrogens is 192 g/mol. The second-order valence-electron chi connectivity index (χ2n) is 3.74. The monoisotopic (exact) mass is 210 g/mol. The van der Waals surface area contributed by atoms with Gasteiger partial charge in [0.2, 0.25) is 5.76 Å². The molecule has 0 spiro atoms. The van der Waals surface area contributed by atoms with E-state index in [1.54, 1.807) is 6.07 Å². The number of hydrogen-bond acceptors (Lipinski definition) is 2. The molecule has 3 heteroatoms. The van der Waals surface area contributed by atoms with Gasteiger partial charge in [0.15, 0.2) is 0 Å². The van der Waals surface area contributed by atoms with E-state index in [4.69, 9.17) is 9.52 Å². The molecule has 1 heterocycles. The lowest BCUT2D eigenvalue weighted by atomic mass is 10.1. The Morgan fingerprint density at radius 1 is 1.27 bits per heavy atom. The Balaban J connectivity index is 2.23. The van der Waals surface area contributed by atoms with Crippen molar-refractivity contribution < 1.29 is 14.3 Å². The molecule has 0 saturated heterocycles. The number of carboxylic acids is 1. The topological polar surface area (TPSA) is 50.4 Å². The molecule has 1 rings (SSSR count). The molecule has 84 valence electrons. The van der Waals surface area contributed by atoms with Crippen LogP contribution in [0.1, 0.15) is 55.3 Å². The molecule has 0 aliphatic carbocycles. The van der Waals surface area contributed by atoms with E-state index in [0.29, 0.717) is 0 Å². The fourth-order valence-electron chi connectivity index (χ4n) is 1.53. The number of rotatable bonds is 7. The Bertz CT molecular complexity index is 302. The molecular formula is C12H18O3. The summed E-state index contributed by atoms with van der Waals surface area (Å²) < 4.78 is 5.15. The number of carbonyl (C=O) groups is 1. The summed E-state index contributed by atoms with van der Waals surface area (Å²) >= 11 is 0. The second kappa shape index (κ2) is 6.27. The molecule has 0 aromatic carbocycles. The minimum atomic E-state index is -0.993. The van der Waals surface area contributed by atoms with Gasteiger partial charge in [-0.05, 0) is 18.6 Å². The first kappa shape index (κ1) is 11.8. The van der Waals surface area contributed by atoms with Crippen molar-refractivity contribution >= 4 is 5.97 Å². The van der Waals surface area contributed by atoms with Crippen LogP contribution in [-0.2, 0) is 6.42 Å². The summed E-state index contributed by atoms with van der Waals surface area (Å²) in [6.45, 7) is 2.19. The van der Waals surface area contributed by atoms with Crippen molar-refractivity contribution in [2.24, 2.45) is 0 Å². The molecule has 15 heavy (non-hydrogen) atoms. The highest BCUT2D eigenvalue weighted by Crippen LogP contribution is 2.12. The van der Waals surface area contributed by atoms with Crippen molar-refractivity contribution in [1.29, 1.82) is 0 Å². The largest absolute Gasteiger partial charge is 0.475 e. The third-order valence-electron chi connectivity index (χ3n) is 2.40. The maximum Gasteiger partial charge on any atom is 0.371 e. The molecule has 1 aromatic heterocycles. The zero-order valence-electron chi connectivity index (χ0n) is 9.16. The Hall–Kier alpha value is -1.25. The van der Waals surface area contributed by atoms with E-state index in [0.717, 1.165) is 18.6 Å². The van der Waals surface area contributed by atoms with Crippen LogP contribution in [0.15, 0.2) is 16.5 Å². The van der Waals surface area contributed by atoms with Gasteiger partial charge in [0, 0.05) is 6.42 Å². The van der Waals surface area contributed by atoms with Gasteiger partial charge in [-0.25, -0.2) is 4.79 Å². The van der Waals surface area contributed by atoms with Crippen molar-refractivity contribution in [2.75, 3.05) is 0 Å². The summed E-state index contributed by atoms with van der Waals surface area (Å²) in [5.41, 5.74) is 0. The molecule has 0 saturated carbocycles. The maximum atomic E-state index is 10.5. The first-order valence-corrected chi connectivity index (χ1v) is 5.56. The van der Waals surface area contributed by atoms with Gasteiger partial charge >= 0.3 is 5.97 Å². The standard InChI is InChI=1S/C12H18O3/c1-2-3-4-5-6-7-10-8-9-11(15-10)12(13)14/h8-9H,2-7H2,1H3,(H,13,14). The van der Waals surface area contributed by atoms with Gasteiger partial charge < -0.3 is 9.52 Å². The molecule has 0 fully saturated rings. The fourth-order valence-corrected chi connectivity index (χ4v) is 1.53. The van der Waals surface area contributed by atoms with Gasteiger partial charge in [-0.15, -0.1) is 0 Å². The lowest BCUT2D eigenvalue weighted by Crippen LogP contribution is -1.92. The number of aromatic carboxylic acids is 1. The SMILES string of the molecule is CCCCCCCc1ccc(C(=O)O)o1. The first-order chi connectivity index (χ1) is 7.24. The molecule has 0 radical (unpaired) electrons. The van der Waals surface area contributed by atoms with Gasteiger partial charge in [0.05, 0.1) is 0 Å². The third-order valence-corrected chi connectivity index (χ3v) is 2.40. The molecule has 3 nitrogen and oxygen atoms in total. The van der Waals surface area contributed by atoms with Crippen molar-refractivity contribution in [3.8, 4) is 0 Å². The van der Waals surface area contributed by atoms with Gasteiger partial charge in [-0.2, -0.15) is 0 Å². The van der Waals surface area contributed by atoms with Crippen LogP contribution in [0, 0.1) is 0 Å². The second-order valence-corrected chi connectivity index (χ2v) is 3.74. The molecule has 1 N–H and O–H groups in total. The quantitative estimate of drug-likeness (QED) is 0.701. The van der Waals surface area contributed by atoms with Crippen molar-refractivity contribution in [3.05, 3.63) is 23.7 Å². The first-order valence-electron chi connectivity index (χ1n) is 5.56. The van der Waals surface area contributed by atoms with Gasteiger partial charge in [0.1, 0.15) is 5.76 Å². The molecule has 0 unspecified atom stereocenters. The van der Waals surface area contributed by atoms with Crippen LogP contribution in [0.3, 0.4) is 0 Å². The molecule has 0 aliphatic heterocycles. The molecule has 1 aromatic rings. The Morgan fingerprint density at radius 3 is 2.60 bits per heavy atom. The van der Waals surface area contributed by atoms with Crippen molar-refractivity contribution in [2.45, 2.75) is 45.4 Å². The zero-order chi connectivity index (χ0) is 11.1. The number of hydrogen-bond donors (Lipinski definition) is 1. The number of furan rings is 1. The van der Waals surface area contributed by atoms with Crippen LogP contribution in [0.4, 0.5) is 0 Å². The summed E-state index contributed by atoms with van der Waals surface area (Å²) in [6.07, 6.45) is 6.88. The summed E-state index contributed by atoms with van der Waals surface area (Å²) in [4.78, 5) is 10.5. The average Bonchev–Trinajstić information content (AvgIpc) is 2.66. The Morgan fingerprint density at radius 2 is 2.00 bits per heavy atom. The highest BCUT2D eigenvalue weighted by Gasteiger charge is 2.07. The van der Waals surface area contributed by atoms with Crippen LogP contribution in [-0.4, -0.2) is 11.1 Å². The minimum Gasteiger partial charge on any atom is -0.475 e. The highest BCUT2D eigenvalue weighted by atomic mass is 16.4. The van der Waals surface area contributed by atoms with Crippen molar-refractivity contribution in [3.63, 3.8) is 0 Å². The van der Waals surface area contributed by atoms with Gasteiger partial charge in [-0.1, -0.05) is 32.6 Å². The van der Waals surface area contributed by atoms with E-state index in [-0.39, 0.29) is 5.76 Å². The maximum absolute atomic E-state index is 10.5. The van der Waals surface area contributed by atoms with Crippen LogP contribution < -0.4 is 0 Å². The molecule has 0 aliphatic rings.